The summed E-state index contributed by atoms with van der Waals surface area (Å²) in [6.07, 6.45) is 3.06. The van der Waals surface area contributed by atoms with Crippen molar-refractivity contribution in [1.29, 1.82) is 0 Å². The van der Waals surface area contributed by atoms with Crippen molar-refractivity contribution in [2.75, 3.05) is 5.32 Å². The molecular weight excluding hydrogens is 288 g/mol. The van der Waals surface area contributed by atoms with Gasteiger partial charge in [0.2, 0.25) is 0 Å². The maximum atomic E-state index is 10.8. The Hall–Kier alpha value is -2.60. The standard InChI is InChI=1S/C15H12N2O3S/c18-15(19)11-5-13(21-8-11)6-17-12-3-1-2-10(4-12)14-7-16-9-20-14/h1-5,7-9,17H,6H2,(H,18,19). The summed E-state index contributed by atoms with van der Waals surface area (Å²) in [7, 11) is 0. The number of oxazole rings is 1. The van der Waals surface area contributed by atoms with Crippen LogP contribution in [-0.2, 0) is 6.54 Å². The molecule has 2 heterocycles. The first kappa shape index (κ1) is 13.4. The van der Waals surface area contributed by atoms with Crippen LogP contribution in [0.2, 0.25) is 0 Å². The van der Waals surface area contributed by atoms with Crippen LogP contribution in [0, 0.1) is 0 Å². The fraction of sp³-hybridized carbons (Fsp3) is 0.0667. The maximum absolute atomic E-state index is 10.8. The molecule has 0 saturated carbocycles. The Bertz CT molecular complexity index is 750. The predicted octanol–water partition coefficient (Wildman–Crippen LogP) is 3.71. The van der Waals surface area contributed by atoms with Crippen LogP contribution >= 0.6 is 11.3 Å². The second-order valence-corrected chi connectivity index (χ2v) is 5.40. The molecule has 3 rings (SSSR count). The number of aromatic carboxylic acids is 1. The van der Waals surface area contributed by atoms with Crippen LogP contribution in [0.5, 0.6) is 0 Å². The average molecular weight is 300 g/mol. The van der Waals surface area contributed by atoms with Crippen LogP contribution in [0.3, 0.4) is 0 Å². The molecule has 0 atom stereocenters. The second kappa shape index (κ2) is 5.80. The van der Waals surface area contributed by atoms with E-state index in [2.05, 4.69) is 10.3 Å². The smallest absolute Gasteiger partial charge is 0.336 e. The van der Waals surface area contributed by atoms with Crippen molar-refractivity contribution in [2.24, 2.45) is 0 Å². The molecule has 6 heteroatoms. The first-order valence-corrected chi connectivity index (χ1v) is 7.14. The summed E-state index contributed by atoms with van der Waals surface area (Å²) in [6, 6.07) is 9.47. The van der Waals surface area contributed by atoms with E-state index >= 15 is 0 Å². The molecule has 0 saturated heterocycles. The van der Waals surface area contributed by atoms with E-state index in [1.807, 2.05) is 24.3 Å². The minimum atomic E-state index is -0.898. The molecule has 0 aliphatic rings. The van der Waals surface area contributed by atoms with Gasteiger partial charge in [0.25, 0.3) is 0 Å². The van der Waals surface area contributed by atoms with Crippen molar-refractivity contribution in [3.63, 3.8) is 0 Å². The van der Waals surface area contributed by atoms with Gasteiger partial charge in [-0.05, 0) is 18.2 Å². The van der Waals surface area contributed by atoms with Gasteiger partial charge in [0.15, 0.2) is 12.2 Å². The monoisotopic (exact) mass is 300 g/mol. The van der Waals surface area contributed by atoms with E-state index < -0.39 is 5.97 Å². The molecular formula is C15H12N2O3S. The van der Waals surface area contributed by atoms with Crippen molar-refractivity contribution in [3.05, 3.63) is 58.7 Å². The van der Waals surface area contributed by atoms with Gasteiger partial charge >= 0.3 is 5.97 Å². The van der Waals surface area contributed by atoms with Gasteiger partial charge in [0.05, 0.1) is 11.8 Å². The third-order valence-electron chi connectivity index (χ3n) is 2.95. The summed E-state index contributed by atoms with van der Waals surface area (Å²) >= 11 is 1.43. The number of nitrogens with one attached hydrogen (secondary N) is 1. The van der Waals surface area contributed by atoms with Gasteiger partial charge < -0.3 is 14.8 Å². The van der Waals surface area contributed by atoms with Gasteiger partial charge in [-0.2, -0.15) is 0 Å². The summed E-state index contributed by atoms with van der Waals surface area (Å²) < 4.78 is 5.26. The van der Waals surface area contributed by atoms with Crippen LogP contribution in [-0.4, -0.2) is 16.1 Å². The zero-order valence-electron chi connectivity index (χ0n) is 10.9. The van der Waals surface area contributed by atoms with E-state index in [1.165, 1.54) is 17.7 Å². The lowest BCUT2D eigenvalue weighted by Crippen LogP contribution is -1.98. The molecule has 0 amide bonds. The quantitative estimate of drug-likeness (QED) is 0.751. The van der Waals surface area contributed by atoms with Gasteiger partial charge in [-0.1, -0.05) is 12.1 Å². The summed E-state index contributed by atoms with van der Waals surface area (Å²) in [5.74, 6) is -0.187. The number of carboxylic acid groups (broad SMARTS) is 1. The van der Waals surface area contributed by atoms with Gasteiger partial charge in [0, 0.05) is 28.1 Å². The molecule has 5 nitrogen and oxygen atoms in total. The van der Waals surface area contributed by atoms with Crippen molar-refractivity contribution in [3.8, 4) is 11.3 Å². The molecule has 0 aliphatic carbocycles. The minimum absolute atomic E-state index is 0.326. The highest BCUT2D eigenvalue weighted by Crippen LogP contribution is 2.23. The molecule has 0 aliphatic heterocycles. The van der Waals surface area contributed by atoms with E-state index in [4.69, 9.17) is 9.52 Å². The third kappa shape index (κ3) is 3.11. The number of carbonyl (C=O) groups is 1. The molecule has 0 fully saturated rings. The molecule has 0 bridgehead atoms. The van der Waals surface area contributed by atoms with Crippen molar-refractivity contribution >= 4 is 23.0 Å². The fourth-order valence-electron chi connectivity index (χ4n) is 1.92. The maximum Gasteiger partial charge on any atom is 0.336 e. The first-order chi connectivity index (χ1) is 10.2. The Morgan fingerprint density at radius 3 is 3.00 bits per heavy atom. The molecule has 0 unspecified atom stereocenters. The molecule has 3 aromatic rings. The van der Waals surface area contributed by atoms with Crippen LogP contribution < -0.4 is 5.32 Å². The van der Waals surface area contributed by atoms with Gasteiger partial charge in [-0.15, -0.1) is 11.3 Å². The topological polar surface area (TPSA) is 75.4 Å². The number of benzene rings is 1. The first-order valence-electron chi connectivity index (χ1n) is 6.26. The summed E-state index contributed by atoms with van der Waals surface area (Å²) in [5, 5.41) is 13.8. The molecule has 0 radical (unpaired) electrons. The Morgan fingerprint density at radius 1 is 1.38 bits per heavy atom. The van der Waals surface area contributed by atoms with Crippen LogP contribution in [0.15, 0.2) is 52.7 Å². The highest BCUT2D eigenvalue weighted by molar-refractivity contribution is 7.10. The average Bonchev–Trinajstić information content (AvgIpc) is 3.17. The SMILES string of the molecule is O=C(O)c1csc(CNc2cccc(-c3cnco3)c2)c1. The van der Waals surface area contributed by atoms with Gasteiger partial charge in [-0.3, -0.25) is 0 Å². The van der Waals surface area contributed by atoms with E-state index in [1.54, 1.807) is 17.6 Å². The van der Waals surface area contributed by atoms with Crippen LogP contribution in [0.25, 0.3) is 11.3 Å². The number of nitrogens with zero attached hydrogens (tertiary/aromatic N) is 1. The second-order valence-electron chi connectivity index (χ2n) is 4.41. The summed E-state index contributed by atoms with van der Waals surface area (Å²) in [5.41, 5.74) is 2.20. The fourth-order valence-corrected chi connectivity index (χ4v) is 2.71. The Morgan fingerprint density at radius 2 is 2.29 bits per heavy atom. The predicted molar refractivity (Wildman–Crippen MR) is 80.5 cm³/mol. The number of hydrogen-bond donors (Lipinski definition) is 2. The van der Waals surface area contributed by atoms with Gasteiger partial charge in [-0.25, -0.2) is 9.78 Å². The molecule has 21 heavy (non-hydrogen) atoms. The molecule has 106 valence electrons. The molecule has 2 N–H and O–H groups in total. The van der Waals surface area contributed by atoms with Crippen LogP contribution in [0.1, 0.15) is 15.2 Å². The number of aromatic nitrogens is 1. The normalized spacial score (nSPS) is 10.5. The molecule has 1 aromatic carbocycles. The lowest BCUT2D eigenvalue weighted by molar-refractivity contribution is 0.0697. The lowest BCUT2D eigenvalue weighted by atomic mass is 10.1. The van der Waals surface area contributed by atoms with E-state index in [0.29, 0.717) is 17.9 Å². The van der Waals surface area contributed by atoms with E-state index in [-0.39, 0.29) is 0 Å². The van der Waals surface area contributed by atoms with Crippen molar-refractivity contribution < 1.29 is 14.3 Å². The van der Waals surface area contributed by atoms with Gasteiger partial charge in [0.1, 0.15) is 0 Å². The Balaban J connectivity index is 1.70. The number of anilines is 1. The number of thiophene rings is 1. The molecule has 2 aromatic heterocycles. The lowest BCUT2D eigenvalue weighted by Gasteiger charge is -2.06. The number of rotatable bonds is 5. The summed E-state index contributed by atoms with van der Waals surface area (Å²) in [4.78, 5) is 15.7. The summed E-state index contributed by atoms with van der Waals surface area (Å²) in [6.45, 7) is 0.581. The highest BCUT2D eigenvalue weighted by atomic mass is 32.1. The van der Waals surface area contributed by atoms with E-state index in [0.717, 1.165) is 16.1 Å². The Labute approximate surface area is 124 Å². The highest BCUT2D eigenvalue weighted by Gasteiger charge is 2.07. The minimum Gasteiger partial charge on any atom is -0.478 e. The van der Waals surface area contributed by atoms with Crippen molar-refractivity contribution in [1.82, 2.24) is 4.98 Å². The van der Waals surface area contributed by atoms with E-state index in [9.17, 15) is 4.79 Å². The zero-order valence-corrected chi connectivity index (χ0v) is 11.8. The van der Waals surface area contributed by atoms with Crippen LogP contribution in [0.4, 0.5) is 5.69 Å². The number of carboxylic acids is 1. The molecule has 0 spiro atoms. The number of hydrogen-bond acceptors (Lipinski definition) is 5. The largest absolute Gasteiger partial charge is 0.478 e. The van der Waals surface area contributed by atoms with Crippen molar-refractivity contribution in [2.45, 2.75) is 6.54 Å². The Kier molecular flexibility index (Phi) is 3.70. The third-order valence-corrected chi connectivity index (χ3v) is 3.88. The zero-order chi connectivity index (χ0) is 14.7.